The zero-order valence-electron chi connectivity index (χ0n) is 16.9. The van der Waals surface area contributed by atoms with Gasteiger partial charge in [0.2, 0.25) is 0 Å². The van der Waals surface area contributed by atoms with E-state index in [0.717, 1.165) is 17.6 Å². The number of aryl methyl sites for hydroxylation is 1. The molecule has 1 aliphatic rings. The quantitative estimate of drug-likeness (QED) is 0.298. The summed E-state index contributed by atoms with van der Waals surface area (Å²) in [6, 6.07) is 28.2. The van der Waals surface area contributed by atoms with Crippen LogP contribution in [0.15, 0.2) is 102 Å². The van der Waals surface area contributed by atoms with Crippen molar-refractivity contribution in [1.29, 1.82) is 0 Å². The Bertz CT molecular complexity index is 1460. The van der Waals surface area contributed by atoms with Crippen molar-refractivity contribution in [3.63, 3.8) is 0 Å². The molecule has 30 heavy (non-hydrogen) atoms. The van der Waals surface area contributed by atoms with Crippen molar-refractivity contribution in [3.05, 3.63) is 114 Å². The standard InChI is InChI=1S/C29H22O/c1-19-6-8-20(9-7-19)21-10-12-22(13-11-21)24-15-16-27-26(18-24)29-25-5-3-2-4-23(25)14-17-28(29)30-27/h2-12,14-18,22H,13H2,1H3. The van der Waals surface area contributed by atoms with E-state index in [0.29, 0.717) is 5.92 Å². The summed E-state index contributed by atoms with van der Waals surface area (Å²) in [6.07, 6.45) is 7.99. The molecule has 0 aliphatic heterocycles. The van der Waals surface area contributed by atoms with Gasteiger partial charge in [0.1, 0.15) is 11.2 Å². The maximum Gasteiger partial charge on any atom is 0.136 e. The minimum Gasteiger partial charge on any atom is -0.456 e. The lowest BCUT2D eigenvalue weighted by atomic mass is 9.87. The topological polar surface area (TPSA) is 13.1 Å². The average Bonchev–Trinajstić information content (AvgIpc) is 3.18. The van der Waals surface area contributed by atoms with Gasteiger partial charge in [-0.25, -0.2) is 0 Å². The highest BCUT2D eigenvalue weighted by Crippen LogP contribution is 2.38. The average molecular weight is 386 g/mol. The summed E-state index contributed by atoms with van der Waals surface area (Å²) in [7, 11) is 0. The highest BCUT2D eigenvalue weighted by Gasteiger charge is 2.16. The molecule has 1 nitrogen and oxygen atoms in total. The van der Waals surface area contributed by atoms with Gasteiger partial charge in [-0.05, 0) is 59.0 Å². The molecule has 1 aromatic heterocycles. The summed E-state index contributed by atoms with van der Waals surface area (Å²) in [6.45, 7) is 2.13. The molecule has 0 bridgehead atoms. The number of furan rings is 1. The number of allylic oxidation sites excluding steroid dienone is 4. The van der Waals surface area contributed by atoms with Crippen LogP contribution in [0.4, 0.5) is 0 Å². The Hall–Kier alpha value is -3.58. The van der Waals surface area contributed by atoms with E-state index in [2.05, 4.69) is 104 Å². The second kappa shape index (κ2) is 6.74. The maximum atomic E-state index is 6.16. The fraction of sp³-hybridized carbons (Fsp3) is 0.103. The molecule has 4 aromatic carbocycles. The van der Waals surface area contributed by atoms with E-state index in [-0.39, 0.29) is 0 Å². The molecule has 0 amide bonds. The minimum absolute atomic E-state index is 0.392. The lowest BCUT2D eigenvalue weighted by molar-refractivity contribution is 0.669. The molecule has 6 rings (SSSR count). The molecular formula is C29H22O. The molecule has 1 unspecified atom stereocenters. The molecule has 5 aromatic rings. The fourth-order valence-electron chi connectivity index (χ4n) is 4.62. The highest BCUT2D eigenvalue weighted by atomic mass is 16.3. The zero-order chi connectivity index (χ0) is 20.1. The van der Waals surface area contributed by atoms with E-state index in [1.807, 2.05) is 0 Å². The predicted octanol–water partition coefficient (Wildman–Crippen LogP) is 8.17. The molecule has 0 fully saturated rings. The van der Waals surface area contributed by atoms with Crippen molar-refractivity contribution in [2.45, 2.75) is 19.3 Å². The van der Waals surface area contributed by atoms with Crippen LogP contribution < -0.4 is 0 Å². The van der Waals surface area contributed by atoms with Gasteiger partial charge >= 0.3 is 0 Å². The van der Waals surface area contributed by atoms with E-state index < -0.39 is 0 Å². The first-order valence-electron chi connectivity index (χ1n) is 10.6. The molecule has 1 atom stereocenters. The third-order valence-corrected chi connectivity index (χ3v) is 6.30. The molecule has 0 saturated heterocycles. The van der Waals surface area contributed by atoms with Crippen LogP contribution in [0.3, 0.4) is 0 Å². The smallest absolute Gasteiger partial charge is 0.136 e. The van der Waals surface area contributed by atoms with Gasteiger partial charge in [-0.15, -0.1) is 0 Å². The molecule has 1 heterocycles. The summed E-state index contributed by atoms with van der Waals surface area (Å²) in [4.78, 5) is 0. The van der Waals surface area contributed by atoms with Crippen molar-refractivity contribution >= 4 is 38.3 Å². The Morgan fingerprint density at radius 2 is 1.63 bits per heavy atom. The summed E-state index contributed by atoms with van der Waals surface area (Å²) in [5.41, 5.74) is 7.16. The zero-order valence-corrected chi connectivity index (χ0v) is 16.9. The molecule has 0 spiro atoms. The molecule has 1 aliphatic carbocycles. The van der Waals surface area contributed by atoms with Crippen LogP contribution in [0.1, 0.15) is 29.0 Å². The second-order valence-electron chi connectivity index (χ2n) is 8.24. The number of benzene rings is 4. The van der Waals surface area contributed by atoms with Crippen LogP contribution >= 0.6 is 0 Å². The number of rotatable bonds is 2. The van der Waals surface area contributed by atoms with Crippen LogP contribution in [0.25, 0.3) is 38.3 Å². The fourth-order valence-corrected chi connectivity index (χ4v) is 4.62. The Morgan fingerprint density at radius 3 is 2.47 bits per heavy atom. The summed E-state index contributed by atoms with van der Waals surface area (Å²) in [5, 5.41) is 4.94. The second-order valence-corrected chi connectivity index (χ2v) is 8.24. The molecule has 1 heteroatoms. The Kier molecular flexibility index (Phi) is 3.89. The minimum atomic E-state index is 0.392. The van der Waals surface area contributed by atoms with E-state index in [1.165, 1.54) is 43.8 Å². The van der Waals surface area contributed by atoms with Crippen molar-refractivity contribution in [3.8, 4) is 0 Å². The van der Waals surface area contributed by atoms with Crippen LogP contribution in [0, 0.1) is 6.92 Å². The summed E-state index contributed by atoms with van der Waals surface area (Å²) >= 11 is 0. The monoisotopic (exact) mass is 386 g/mol. The van der Waals surface area contributed by atoms with Crippen LogP contribution in [0.5, 0.6) is 0 Å². The maximum absolute atomic E-state index is 6.16. The van der Waals surface area contributed by atoms with Crippen LogP contribution in [0.2, 0.25) is 0 Å². The normalized spacial score (nSPS) is 16.4. The molecule has 144 valence electrons. The SMILES string of the molecule is Cc1ccc(C2=CCC(c3ccc4oc5ccc6ccccc6c5c4c3)C=C2)cc1. The van der Waals surface area contributed by atoms with E-state index in [4.69, 9.17) is 4.42 Å². The third kappa shape index (κ3) is 2.78. The first-order valence-corrected chi connectivity index (χ1v) is 10.6. The van der Waals surface area contributed by atoms with Gasteiger partial charge in [0, 0.05) is 16.7 Å². The van der Waals surface area contributed by atoms with Crippen LogP contribution in [-0.4, -0.2) is 0 Å². The van der Waals surface area contributed by atoms with Crippen molar-refractivity contribution in [2.24, 2.45) is 0 Å². The van der Waals surface area contributed by atoms with Crippen LogP contribution in [-0.2, 0) is 0 Å². The Morgan fingerprint density at radius 1 is 0.800 bits per heavy atom. The first-order chi connectivity index (χ1) is 14.8. The van der Waals surface area contributed by atoms with E-state index in [9.17, 15) is 0 Å². The van der Waals surface area contributed by atoms with Crippen molar-refractivity contribution in [2.75, 3.05) is 0 Å². The molecule has 0 saturated carbocycles. The Balaban J connectivity index is 1.40. The van der Waals surface area contributed by atoms with E-state index in [1.54, 1.807) is 0 Å². The lowest BCUT2D eigenvalue weighted by Gasteiger charge is -2.17. The van der Waals surface area contributed by atoms with E-state index >= 15 is 0 Å². The molecule has 0 N–H and O–H groups in total. The number of hydrogen-bond donors (Lipinski definition) is 0. The van der Waals surface area contributed by atoms with Crippen molar-refractivity contribution in [1.82, 2.24) is 0 Å². The summed E-state index contributed by atoms with van der Waals surface area (Å²) in [5.74, 6) is 0.392. The highest BCUT2D eigenvalue weighted by molar-refractivity contribution is 6.18. The first kappa shape index (κ1) is 17.3. The molecular weight excluding hydrogens is 364 g/mol. The predicted molar refractivity (Wildman–Crippen MR) is 127 cm³/mol. The number of hydrogen-bond acceptors (Lipinski definition) is 1. The van der Waals surface area contributed by atoms with Gasteiger partial charge in [-0.2, -0.15) is 0 Å². The lowest BCUT2D eigenvalue weighted by Crippen LogP contribution is -1.98. The molecule has 0 radical (unpaired) electrons. The van der Waals surface area contributed by atoms with Gasteiger partial charge in [0.05, 0.1) is 0 Å². The van der Waals surface area contributed by atoms with Gasteiger partial charge < -0.3 is 4.42 Å². The van der Waals surface area contributed by atoms with Gasteiger partial charge in [0.25, 0.3) is 0 Å². The largest absolute Gasteiger partial charge is 0.456 e. The number of fused-ring (bicyclic) bond motifs is 5. The van der Waals surface area contributed by atoms with Crippen molar-refractivity contribution < 1.29 is 4.42 Å². The van der Waals surface area contributed by atoms with Gasteiger partial charge in [-0.1, -0.05) is 84.5 Å². The van der Waals surface area contributed by atoms with Gasteiger partial charge in [0.15, 0.2) is 0 Å². The summed E-state index contributed by atoms with van der Waals surface area (Å²) < 4.78 is 6.16. The van der Waals surface area contributed by atoms with Gasteiger partial charge in [-0.3, -0.25) is 0 Å². The Labute approximate surface area is 175 Å². The third-order valence-electron chi connectivity index (χ3n) is 6.30.